The fraction of sp³-hybridized carbons (Fsp3) is 0.400. The van der Waals surface area contributed by atoms with E-state index in [0.717, 1.165) is 35.1 Å². The maximum absolute atomic E-state index is 12.9. The van der Waals surface area contributed by atoms with Gasteiger partial charge in [-0.3, -0.25) is 9.59 Å². The average Bonchev–Trinajstić information content (AvgIpc) is 3.25. The highest BCUT2D eigenvalue weighted by atomic mass is 16.5. The van der Waals surface area contributed by atoms with Crippen LogP contribution in [0.1, 0.15) is 36.3 Å². The molecule has 0 spiro atoms. The Kier molecular flexibility index (Phi) is 5.33. The van der Waals surface area contributed by atoms with Gasteiger partial charge < -0.3 is 20.1 Å². The van der Waals surface area contributed by atoms with Gasteiger partial charge in [0, 0.05) is 19.0 Å². The summed E-state index contributed by atoms with van der Waals surface area (Å²) >= 11 is 0. The minimum Gasteiger partial charge on any atom is -0.481 e. The first kappa shape index (κ1) is 20.5. The van der Waals surface area contributed by atoms with Crippen LogP contribution in [0, 0.1) is 11.8 Å². The Bertz CT molecular complexity index is 1010. The van der Waals surface area contributed by atoms with Crippen LogP contribution in [0.4, 0.5) is 4.79 Å². The minimum atomic E-state index is -1.13. The molecule has 1 saturated carbocycles. The first-order chi connectivity index (χ1) is 15.5. The predicted molar refractivity (Wildman–Crippen MR) is 117 cm³/mol. The number of carbonyl (C=O) groups is 3. The van der Waals surface area contributed by atoms with Crippen molar-refractivity contribution in [2.24, 2.45) is 11.8 Å². The second kappa shape index (κ2) is 8.30. The van der Waals surface area contributed by atoms with E-state index >= 15 is 0 Å². The summed E-state index contributed by atoms with van der Waals surface area (Å²) in [6, 6.07) is 14.9. The maximum atomic E-state index is 12.9. The van der Waals surface area contributed by atoms with Crippen LogP contribution in [0.2, 0.25) is 0 Å². The van der Waals surface area contributed by atoms with Crippen LogP contribution in [0.5, 0.6) is 0 Å². The molecule has 32 heavy (non-hydrogen) atoms. The van der Waals surface area contributed by atoms with Gasteiger partial charge in [-0.25, -0.2) is 4.79 Å². The summed E-state index contributed by atoms with van der Waals surface area (Å²) in [6.07, 6.45) is 0.985. The molecule has 2 fully saturated rings. The number of carbonyl (C=O) groups excluding carboxylic acids is 2. The van der Waals surface area contributed by atoms with Crippen molar-refractivity contribution in [2.45, 2.75) is 31.2 Å². The predicted octanol–water partition coefficient (Wildman–Crippen LogP) is 3.24. The lowest BCUT2D eigenvalue weighted by molar-refractivity contribution is -0.142. The summed E-state index contributed by atoms with van der Waals surface area (Å²) in [7, 11) is 0. The Labute approximate surface area is 186 Å². The number of alkyl carbamates (subject to hydrolysis) is 1. The molecule has 0 aromatic heterocycles. The highest BCUT2D eigenvalue weighted by Crippen LogP contribution is 2.44. The van der Waals surface area contributed by atoms with Crippen molar-refractivity contribution in [3.05, 3.63) is 59.7 Å². The fourth-order valence-corrected chi connectivity index (χ4v) is 5.32. The number of fused-ring (bicyclic) bond motifs is 4. The highest BCUT2D eigenvalue weighted by Gasteiger charge is 2.43. The van der Waals surface area contributed by atoms with E-state index in [1.165, 1.54) is 0 Å². The van der Waals surface area contributed by atoms with E-state index in [9.17, 15) is 19.5 Å². The molecule has 3 atom stereocenters. The number of carboxylic acids is 1. The van der Waals surface area contributed by atoms with Crippen LogP contribution in [-0.4, -0.2) is 53.7 Å². The molecule has 1 saturated heterocycles. The number of ether oxygens (including phenoxy) is 1. The number of rotatable bonds is 6. The molecule has 166 valence electrons. The minimum absolute atomic E-state index is 0.101. The third-order valence-corrected chi connectivity index (χ3v) is 7.11. The van der Waals surface area contributed by atoms with Crippen molar-refractivity contribution >= 4 is 18.0 Å². The van der Waals surface area contributed by atoms with E-state index in [2.05, 4.69) is 17.4 Å². The van der Waals surface area contributed by atoms with Crippen LogP contribution in [0.25, 0.3) is 11.1 Å². The molecule has 2 aromatic rings. The van der Waals surface area contributed by atoms with Gasteiger partial charge in [-0.2, -0.15) is 0 Å². The molecule has 3 aliphatic rings. The number of nitrogens with zero attached hydrogens (tertiary/aromatic N) is 1. The topological polar surface area (TPSA) is 95.9 Å². The Morgan fingerprint density at radius 2 is 1.53 bits per heavy atom. The summed E-state index contributed by atoms with van der Waals surface area (Å²) < 4.78 is 5.51. The van der Waals surface area contributed by atoms with Crippen molar-refractivity contribution in [2.75, 3.05) is 19.7 Å². The zero-order chi connectivity index (χ0) is 22.2. The van der Waals surface area contributed by atoms with Crippen molar-refractivity contribution in [3.8, 4) is 11.1 Å². The van der Waals surface area contributed by atoms with E-state index in [0.29, 0.717) is 24.9 Å². The monoisotopic (exact) mass is 434 g/mol. The molecule has 1 aliphatic heterocycles. The second-order valence-electron chi connectivity index (χ2n) is 8.96. The molecule has 0 bridgehead atoms. The third kappa shape index (κ3) is 3.72. The Hall–Kier alpha value is -3.35. The molecule has 5 rings (SSSR count). The van der Waals surface area contributed by atoms with Crippen molar-refractivity contribution in [3.63, 3.8) is 0 Å². The summed E-state index contributed by atoms with van der Waals surface area (Å²) in [6.45, 7) is 1.40. The Morgan fingerprint density at radius 3 is 2.06 bits per heavy atom. The van der Waals surface area contributed by atoms with Crippen molar-refractivity contribution in [1.82, 2.24) is 10.2 Å². The number of benzene rings is 2. The molecule has 2 aliphatic carbocycles. The van der Waals surface area contributed by atoms with Gasteiger partial charge in [-0.1, -0.05) is 48.5 Å². The number of nitrogens with one attached hydrogen (secondary N) is 1. The maximum Gasteiger partial charge on any atom is 0.407 e. The first-order valence-electron chi connectivity index (χ1n) is 11.1. The Morgan fingerprint density at radius 1 is 0.969 bits per heavy atom. The van der Waals surface area contributed by atoms with Gasteiger partial charge in [0.05, 0.1) is 6.42 Å². The van der Waals surface area contributed by atoms with E-state index in [1.54, 1.807) is 4.90 Å². The number of aliphatic carboxylic acids is 1. The van der Waals surface area contributed by atoms with Crippen LogP contribution < -0.4 is 5.32 Å². The smallest absolute Gasteiger partial charge is 0.407 e. The van der Waals surface area contributed by atoms with Crippen molar-refractivity contribution in [1.29, 1.82) is 0 Å². The van der Waals surface area contributed by atoms with Gasteiger partial charge in [0.1, 0.15) is 12.6 Å². The molecule has 1 heterocycles. The second-order valence-corrected chi connectivity index (χ2v) is 8.96. The number of likely N-dealkylation sites (tertiary alicyclic amines) is 1. The van der Waals surface area contributed by atoms with E-state index in [4.69, 9.17) is 4.74 Å². The highest BCUT2D eigenvalue weighted by molar-refractivity contribution is 5.89. The number of hydrogen-bond donors (Lipinski definition) is 2. The quantitative estimate of drug-likeness (QED) is 0.728. The lowest BCUT2D eigenvalue weighted by Crippen LogP contribution is -2.49. The molecule has 3 unspecified atom stereocenters. The number of hydrogen-bond acceptors (Lipinski definition) is 4. The summed E-state index contributed by atoms with van der Waals surface area (Å²) in [4.78, 5) is 38.5. The molecule has 2 aromatic carbocycles. The van der Waals surface area contributed by atoms with Gasteiger partial charge in [0.25, 0.3) is 0 Å². The molecule has 7 nitrogen and oxygen atoms in total. The van der Waals surface area contributed by atoms with Crippen LogP contribution >= 0.6 is 0 Å². The zero-order valence-corrected chi connectivity index (χ0v) is 17.7. The Balaban J connectivity index is 1.25. The zero-order valence-electron chi connectivity index (χ0n) is 17.7. The lowest BCUT2D eigenvalue weighted by Gasteiger charge is -2.27. The summed E-state index contributed by atoms with van der Waals surface area (Å²) in [5.74, 6) is -0.548. The van der Waals surface area contributed by atoms with Crippen molar-refractivity contribution < 1.29 is 24.2 Å². The van der Waals surface area contributed by atoms with E-state index in [-0.39, 0.29) is 18.4 Å². The number of carboxylic acid groups (broad SMARTS) is 1. The normalized spacial score (nSPS) is 21.7. The molecule has 2 amide bonds. The summed E-state index contributed by atoms with van der Waals surface area (Å²) in [5.41, 5.74) is 4.43. The van der Waals surface area contributed by atoms with Crippen LogP contribution in [0.15, 0.2) is 48.5 Å². The average molecular weight is 434 g/mol. The van der Waals surface area contributed by atoms with Gasteiger partial charge >= 0.3 is 12.1 Å². The van der Waals surface area contributed by atoms with Crippen LogP contribution in [-0.2, 0) is 14.3 Å². The molecular weight excluding hydrogens is 408 g/mol. The van der Waals surface area contributed by atoms with Gasteiger partial charge in [0.15, 0.2) is 0 Å². The molecule has 7 heteroatoms. The standard InChI is InChI=1S/C25H26N2O5/c28-23(29)11-22(24(30)27-12-15-9-10-16(15)13-27)26-25(31)32-14-21-19-7-3-1-5-17(19)18-6-2-4-8-20(18)21/h1-8,15-16,21-22H,9-14H2,(H,26,31)(H,28,29). The fourth-order valence-electron chi connectivity index (χ4n) is 5.32. The molecule has 2 N–H and O–H groups in total. The van der Waals surface area contributed by atoms with Gasteiger partial charge in [-0.15, -0.1) is 0 Å². The molecular formula is C25H26N2O5. The molecule has 0 radical (unpaired) electrons. The number of amides is 2. The van der Waals surface area contributed by atoms with E-state index < -0.39 is 24.5 Å². The SMILES string of the molecule is O=C(O)CC(NC(=O)OCC1c2ccccc2-c2ccccc21)C(=O)N1CC2CCC2C1. The largest absolute Gasteiger partial charge is 0.481 e. The summed E-state index contributed by atoms with van der Waals surface area (Å²) in [5, 5.41) is 11.8. The van der Waals surface area contributed by atoms with E-state index in [1.807, 2.05) is 36.4 Å². The lowest BCUT2D eigenvalue weighted by atomic mass is 9.77. The van der Waals surface area contributed by atoms with Crippen LogP contribution in [0.3, 0.4) is 0 Å². The van der Waals surface area contributed by atoms with Gasteiger partial charge in [-0.05, 0) is 46.9 Å². The third-order valence-electron chi connectivity index (χ3n) is 7.11. The van der Waals surface area contributed by atoms with Gasteiger partial charge in [0.2, 0.25) is 5.91 Å². The first-order valence-corrected chi connectivity index (χ1v) is 11.1.